The highest BCUT2D eigenvalue weighted by molar-refractivity contribution is 6.18. The summed E-state index contributed by atoms with van der Waals surface area (Å²) in [5.74, 6) is 2.34. The van der Waals surface area contributed by atoms with E-state index in [1.54, 1.807) is 0 Å². The molecule has 0 spiro atoms. The topological polar surface area (TPSA) is 0 Å². The molecule has 1 atom stereocenters. The Kier molecular flexibility index (Phi) is 5.27. The molecule has 0 radical (unpaired) electrons. The van der Waals surface area contributed by atoms with Crippen molar-refractivity contribution in [3.05, 3.63) is 0 Å². The molecule has 0 fully saturated rings. The van der Waals surface area contributed by atoms with E-state index < -0.39 is 0 Å². The SMILES string of the molecule is CC(C)CCC(C)CCl. The van der Waals surface area contributed by atoms with Crippen molar-refractivity contribution in [2.24, 2.45) is 11.8 Å². The number of hydrogen-bond acceptors (Lipinski definition) is 0. The molecular weight excluding hydrogens is 132 g/mol. The van der Waals surface area contributed by atoms with Crippen molar-refractivity contribution < 1.29 is 0 Å². The van der Waals surface area contributed by atoms with E-state index in [1.165, 1.54) is 12.8 Å². The summed E-state index contributed by atoms with van der Waals surface area (Å²) in [5.41, 5.74) is 0. The molecular formula is C8H17Cl. The van der Waals surface area contributed by atoms with Gasteiger partial charge < -0.3 is 0 Å². The summed E-state index contributed by atoms with van der Waals surface area (Å²) in [4.78, 5) is 0. The summed E-state index contributed by atoms with van der Waals surface area (Å²) in [6.45, 7) is 6.71. The third-order valence-corrected chi connectivity index (χ3v) is 2.03. The summed E-state index contributed by atoms with van der Waals surface area (Å²) in [5, 5.41) is 0. The third kappa shape index (κ3) is 6.17. The summed E-state index contributed by atoms with van der Waals surface area (Å²) >= 11 is 5.64. The first-order chi connectivity index (χ1) is 4.16. The normalized spacial score (nSPS) is 14.3. The van der Waals surface area contributed by atoms with Crippen molar-refractivity contribution in [2.45, 2.75) is 33.6 Å². The number of rotatable bonds is 4. The minimum atomic E-state index is 0.703. The van der Waals surface area contributed by atoms with Crippen LogP contribution in [0.15, 0.2) is 0 Å². The number of halogens is 1. The lowest BCUT2D eigenvalue weighted by molar-refractivity contribution is 0.479. The third-order valence-electron chi connectivity index (χ3n) is 1.50. The van der Waals surface area contributed by atoms with Gasteiger partial charge in [0.25, 0.3) is 0 Å². The largest absolute Gasteiger partial charge is 0.126 e. The van der Waals surface area contributed by atoms with Crippen molar-refractivity contribution in [3.63, 3.8) is 0 Å². The zero-order valence-corrected chi connectivity index (χ0v) is 7.41. The van der Waals surface area contributed by atoms with Gasteiger partial charge >= 0.3 is 0 Å². The molecule has 0 rings (SSSR count). The Hall–Kier alpha value is 0.290. The van der Waals surface area contributed by atoms with Gasteiger partial charge in [-0.2, -0.15) is 0 Å². The van der Waals surface area contributed by atoms with Crippen molar-refractivity contribution in [1.82, 2.24) is 0 Å². The van der Waals surface area contributed by atoms with Gasteiger partial charge in [0, 0.05) is 5.88 Å². The first-order valence-electron chi connectivity index (χ1n) is 3.72. The molecule has 0 aromatic rings. The predicted octanol–water partition coefficient (Wildman–Crippen LogP) is 3.30. The van der Waals surface area contributed by atoms with Gasteiger partial charge in [-0.25, -0.2) is 0 Å². The van der Waals surface area contributed by atoms with Crippen molar-refractivity contribution in [2.75, 3.05) is 5.88 Å². The molecule has 0 amide bonds. The van der Waals surface area contributed by atoms with Crippen LogP contribution >= 0.6 is 11.6 Å². The molecule has 56 valence electrons. The molecule has 0 N–H and O–H groups in total. The molecule has 0 saturated heterocycles. The Balaban J connectivity index is 3.06. The van der Waals surface area contributed by atoms with Gasteiger partial charge in [-0.1, -0.05) is 27.2 Å². The zero-order chi connectivity index (χ0) is 7.28. The van der Waals surface area contributed by atoms with E-state index in [-0.39, 0.29) is 0 Å². The summed E-state index contributed by atoms with van der Waals surface area (Å²) < 4.78 is 0. The molecule has 0 aromatic heterocycles. The smallest absolute Gasteiger partial charge is 0.0249 e. The van der Waals surface area contributed by atoms with Crippen LogP contribution in [0.2, 0.25) is 0 Å². The highest BCUT2D eigenvalue weighted by Crippen LogP contribution is 2.12. The highest BCUT2D eigenvalue weighted by Gasteiger charge is 2.00. The van der Waals surface area contributed by atoms with Crippen LogP contribution in [0, 0.1) is 11.8 Å². The van der Waals surface area contributed by atoms with E-state index in [4.69, 9.17) is 11.6 Å². The van der Waals surface area contributed by atoms with E-state index in [1.807, 2.05) is 0 Å². The van der Waals surface area contributed by atoms with Crippen molar-refractivity contribution in [1.29, 1.82) is 0 Å². The second-order valence-corrected chi connectivity index (χ2v) is 3.54. The van der Waals surface area contributed by atoms with Crippen molar-refractivity contribution in [3.8, 4) is 0 Å². The van der Waals surface area contributed by atoms with Crippen molar-refractivity contribution >= 4 is 11.6 Å². The van der Waals surface area contributed by atoms with Crippen LogP contribution < -0.4 is 0 Å². The summed E-state index contributed by atoms with van der Waals surface area (Å²) in [6.07, 6.45) is 2.59. The Bertz CT molecular complexity index is 59.6. The minimum absolute atomic E-state index is 0.703. The maximum atomic E-state index is 5.64. The van der Waals surface area contributed by atoms with Crippen LogP contribution in [0.5, 0.6) is 0 Å². The van der Waals surface area contributed by atoms with Gasteiger partial charge in [-0.05, 0) is 18.3 Å². The summed E-state index contributed by atoms with van der Waals surface area (Å²) in [7, 11) is 0. The van der Waals surface area contributed by atoms with E-state index in [2.05, 4.69) is 20.8 Å². The van der Waals surface area contributed by atoms with E-state index in [0.29, 0.717) is 5.92 Å². The van der Waals surface area contributed by atoms with E-state index in [0.717, 1.165) is 11.8 Å². The molecule has 0 aliphatic rings. The highest BCUT2D eigenvalue weighted by atomic mass is 35.5. The maximum Gasteiger partial charge on any atom is 0.0249 e. The molecule has 1 heteroatoms. The molecule has 0 saturated carbocycles. The summed E-state index contributed by atoms with van der Waals surface area (Å²) in [6, 6.07) is 0. The second-order valence-electron chi connectivity index (χ2n) is 3.23. The Morgan fingerprint density at radius 2 is 1.67 bits per heavy atom. The average Bonchev–Trinajstić information content (AvgIpc) is 1.83. The molecule has 0 aliphatic heterocycles. The van der Waals surface area contributed by atoms with Gasteiger partial charge in [0.05, 0.1) is 0 Å². The first-order valence-corrected chi connectivity index (χ1v) is 4.26. The lowest BCUT2D eigenvalue weighted by Gasteiger charge is -2.08. The van der Waals surface area contributed by atoms with Crippen LogP contribution in [0.4, 0.5) is 0 Å². The predicted molar refractivity (Wildman–Crippen MR) is 44.0 cm³/mol. The Labute approximate surface area is 63.6 Å². The van der Waals surface area contributed by atoms with Gasteiger partial charge in [0.1, 0.15) is 0 Å². The fourth-order valence-corrected chi connectivity index (χ4v) is 0.849. The lowest BCUT2D eigenvalue weighted by atomic mass is 10.0. The molecule has 0 heterocycles. The maximum absolute atomic E-state index is 5.64. The number of alkyl halides is 1. The number of hydrogen-bond donors (Lipinski definition) is 0. The van der Waals surface area contributed by atoms with Gasteiger partial charge in [0.2, 0.25) is 0 Å². The molecule has 9 heavy (non-hydrogen) atoms. The Morgan fingerprint density at radius 1 is 1.11 bits per heavy atom. The standard InChI is InChI=1S/C8H17Cl/c1-7(2)4-5-8(3)6-9/h7-8H,4-6H2,1-3H3. The van der Waals surface area contributed by atoms with E-state index >= 15 is 0 Å². The van der Waals surface area contributed by atoms with Crippen LogP contribution in [0.1, 0.15) is 33.6 Å². The van der Waals surface area contributed by atoms with Crippen LogP contribution in [0.3, 0.4) is 0 Å². The van der Waals surface area contributed by atoms with Gasteiger partial charge in [0.15, 0.2) is 0 Å². The molecule has 0 bridgehead atoms. The minimum Gasteiger partial charge on any atom is -0.126 e. The van der Waals surface area contributed by atoms with Crippen LogP contribution in [-0.4, -0.2) is 5.88 Å². The molecule has 0 aliphatic carbocycles. The molecule has 0 nitrogen and oxygen atoms in total. The molecule has 0 aromatic carbocycles. The second kappa shape index (κ2) is 5.10. The van der Waals surface area contributed by atoms with Gasteiger partial charge in [-0.15, -0.1) is 11.6 Å². The fraction of sp³-hybridized carbons (Fsp3) is 1.00. The van der Waals surface area contributed by atoms with Crippen LogP contribution in [0.25, 0.3) is 0 Å². The average molecular weight is 149 g/mol. The lowest BCUT2D eigenvalue weighted by Crippen LogP contribution is -1.98. The first kappa shape index (κ1) is 9.29. The fourth-order valence-electron chi connectivity index (χ4n) is 0.695. The van der Waals surface area contributed by atoms with E-state index in [9.17, 15) is 0 Å². The quantitative estimate of drug-likeness (QED) is 0.537. The Morgan fingerprint density at radius 3 is 2.00 bits per heavy atom. The van der Waals surface area contributed by atoms with Gasteiger partial charge in [-0.3, -0.25) is 0 Å². The monoisotopic (exact) mass is 148 g/mol. The zero-order valence-electron chi connectivity index (χ0n) is 6.65. The van der Waals surface area contributed by atoms with Crippen LogP contribution in [-0.2, 0) is 0 Å². The molecule has 1 unspecified atom stereocenters.